The van der Waals surface area contributed by atoms with E-state index in [0.717, 1.165) is 5.56 Å². The van der Waals surface area contributed by atoms with Gasteiger partial charge in [0.15, 0.2) is 0 Å². The van der Waals surface area contributed by atoms with Crippen LogP contribution in [0.15, 0.2) is 29.4 Å². The zero-order chi connectivity index (χ0) is 26.3. The molecule has 0 saturated carbocycles. The van der Waals surface area contributed by atoms with Gasteiger partial charge in [0.25, 0.3) is 0 Å². The number of hydrogen-bond acceptors (Lipinski definition) is 7. The number of alkyl carbamates (subject to hydrolysis) is 1. The third kappa shape index (κ3) is 7.59. The summed E-state index contributed by atoms with van der Waals surface area (Å²) in [6.07, 6.45) is -0.431. The fraction of sp³-hybridized carbons (Fsp3) is 0.522. The van der Waals surface area contributed by atoms with E-state index in [9.17, 15) is 19.2 Å². The van der Waals surface area contributed by atoms with Crippen LogP contribution in [0.2, 0.25) is 0 Å². The van der Waals surface area contributed by atoms with E-state index in [1.54, 1.807) is 46.8 Å². The summed E-state index contributed by atoms with van der Waals surface area (Å²) < 4.78 is 5.23. The number of amidine groups is 1. The summed E-state index contributed by atoms with van der Waals surface area (Å²) in [6, 6.07) is 5.40. The van der Waals surface area contributed by atoms with Gasteiger partial charge in [-0.3, -0.25) is 19.3 Å². The molecule has 1 aromatic carbocycles. The highest BCUT2D eigenvalue weighted by molar-refractivity contribution is 6.05. The van der Waals surface area contributed by atoms with Crippen molar-refractivity contribution in [1.82, 2.24) is 16.0 Å². The monoisotopic (exact) mass is 489 g/mol. The molecule has 7 N–H and O–H groups in total. The molecular weight excluding hydrogens is 454 g/mol. The molecule has 2 atom stereocenters. The molecule has 0 bridgehead atoms. The van der Waals surface area contributed by atoms with E-state index in [1.807, 2.05) is 12.1 Å². The number of para-hydroxylation sites is 1. The number of nitrogens with two attached hydrogens (primary N) is 2. The maximum Gasteiger partial charge on any atom is 0.408 e. The standard InChI is InChI=1S/C23H35N7O5/c1-13(2)19(28-22(34)35-23(3,4)5)21(33)27-12-18(31)30-15-9-7-6-8-14(15)10-16(30)20(32)26-11-17(24)29-25/h6-9,13,16,19H,10-12,25H2,1-5H3,(H2,24,29)(H,26,32)(H,27,33)(H,28,34)/t16-,19-/m0/s1. The molecule has 1 aliphatic heterocycles. The number of benzene rings is 1. The Morgan fingerprint density at radius 2 is 1.80 bits per heavy atom. The van der Waals surface area contributed by atoms with Crippen LogP contribution >= 0.6 is 0 Å². The molecule has 0 fully saturated rings. The van der Waals surface area contributed by atoms with Gasteiger partial charge in [0.1, 0.15) is 23.5 Å². The van der Waals surface area contributed by atoms with Crippen LogP contribution in [0, 0.1) is 5.92 Å². The smallest absolute Gasteiger partial charge is 0.408 e. The lowest BCUT2D eigenvalue weighted by atomic mass is 10.0. The fourth-order valence-corrected chi connectivity index (χ4v) is 3.57. The predicted octanol–water partition coefficient (Wildman–Crippen LogP) is -0.0431. The first kappa shape index (κ1) is 27.4. The number of rotatable bonds is 8. The van der Waals surface area contributed by atoms with Crippen molar-refractivity contribution in [2.24, 2.45) is 22.6 Å². The minimum Gasteiger partial charge on any atom is -0.444 e. The summed E-state index contributed by atoms with van der Waals surface area (Å²) >= 11 is 0. The van der Waals surface area contributed by atoms with Crippen molar-refractivity contribution in [2.45, 2.75) is 58.7 Å². The second kappa shape index (κ2) is 11.5. The minimum atomic E-state index is -0.916. The first-order valence-corrected chi connectivity index (χ1v) is 11.3. The summed E-state index contributed by atoms with van der Waals surface area (Å²) in [5.41, 5.74) is 6.22. The van der Waals surface area contributed by atoms with Gasteiger partial charge < -0.3 is 32.3 Å². The summed E-state index contributed by atoms with van der Waals surface area (Å²) in [5, 5.41) is 11.0. The molecule has 0 saturated heterocycles. The van der Waals surface area contributed by atoms with Gasteiger partial charge in [0, 0.05) is 12.1 Å². The first-order chi connectivity index (χ1) is 16.3. The Bertz CT molecular complexity index is 987. The van der Waals surface area contributed by atoms with Crippen molar-refractivity contribution in [2.75, 3.05) is 18.0 Å². The second-order valence-corrected chi connectivity index (χ2v) is 9.54. The third-order valence-electron chi connectivity index (χ3n) is 5.19. The zero-order valence-electron chi connectivity index (χ0n) is 20.8. The number of ether oxygens (including phenoxy) is 1. The Balaban J connectivity index is 2.10. The summed E-state index contributed by atoms with van der Waals surface area (Å²) in [7, 11) is 0. The molecule has 192 valence electrons. The van der Waals surface area contributed by atoms with Crippen LogP contribution in [0.3, 0.4) is 0 Å². The predicted molar refractivity (Wildman–Crippen MR) is 131 cm³/mol. The van der Waals surface area contributed by atoms with Crippen molar-refractivity contribution in [3.05, 3.63) is 29.8 Å². The number of amides is 4. The average molecular weight is 490 g/mol. The zero-order valence-corrected chi connectivity index (χ0v) is 20.8. The number of nitrogens with one attached hydrogen (secondary N) is 3. The average Bonchev–Trinajstić information content (AvgIpc) is 3.17. The summed E-state index contributed by atoms with van der Waals surface area (Å²) in [6.45, 7) is 8.23. The van der Waals surface area contributed by atoms with Gasteiger partial charge in [-0.15, -0.1) is 0 Å². The lowest BCUT2D eigenvalue weighted by molar-refractivity contribution is -0.128. The molecule has 0 aromatic heterocycles. The van der Waals surface area contributed by atoms with Crippen LogP contribution in [0.5, 0.6) is 0 Å². The first-order valence-electron chi connectivity index (χ1n) is 11.3. The molecule has 12 heteroatoms. The topological polar surface area (TPSA) is 181 Å². The molecule has 0 radical (unpaired) electrons. The van der Waals surface area contributed by atoms with Gasteiger partial charge in [-0.2, -0.15) is 5.10 Å². The van der Waals surface area contributed by atoms with Gasteiger partial charge in [-0.25, -0.2) is 4.79 Å². The largest absolute Gasteiger partial charge is 0.444 e. The normalized spacial score (nSPS) is 16.3. The van der Waals surface area contributed by atoms with Crippen LogP contribution in [-0.4, -0.2) is 60.4 Å². The number of nitrogens with zero attached hydrogens (tertiary/aromatic N) is 2. The lowest BCUT2D eigenvalue weighted by Crippen LogP contribution is -2.55. The molecular formula is C23H35N7O5. The van der Waals surface area contributed by atoms with Crippen LogP contribution in [0.4, 0.5) is 10.5 Å². The SMILES string of the molecule is CC(C)[C@H](NC(=O)OC(C)(C)C)C(=O)NCC(=O)N1c2ccccc2C[C@H]1C(=O)NC/C(N)=N/N. The van der Waals surface area contributed by atoms with Gasteiger partial charge in [-0.1, -0.05) is 32.0 Å². The van der Waals surface area contributed by atoms with Crippen molar-refractivity contribution >= 4 is 35.3 Å². The Morgan fingerprint density at radius 3 is 2.40 bits per heavy atom. The van der Waals surface area contributed by atoms with E-state index in [1.165, 1.54) is 4.90 Å². The third-order valence-corrected chi connectivity index (χ3v) is 5.19. The molecule has 1 aliphatic rings. The molecule has 2 rings (SSSR count). The highest BCUT2D eigenvalue weighted by atomic mass is 16.6. The number of fused-ring (bicyclic) bond motifs is 1. The van der Waals surface area contributed by atoms with E-state index < -0.39 is 41.5 Å². The van der Waals surface area contributed by atoms with E-state index >= 15 is 0 Å². The van der Waals surface area contributed by atoms with Crippen LogP contribution in [0.1, 0.15) is 40.2 Å². The second-order valence-electron chi connectivity index (χ2n) is 9.54. The summed E-state index contributed by atoms with van der Waals surface area (Å²) in [5.74, 6) is 3.42. The highest BCUT2D eigenvalue weighted by Gasteiger charge is 2.38. The van der Waals surface area contributed by atoms with Crippen molar-refractivity contribution in [3.8, 4) is 0 Å². The molecule has 4 amide bonds. The van der Waals surface area contributed by atoms with Gasteiger partial charge in [0.05, 0.1) is 13.1 Å². The summed E-state index contributed by atoms with van der Waals surface area (Å²) in [4.78, 5) is 52.3. The van der Waals surface area contributed by atoms with Gasteiger partial charge >= 0.3 is 6.09 Å². The quantitative estimate of drug-likeness (QED) is 0.147. The number of carbonyl (C=O) groups excluding carboxylic acids is 4. The Labute approximate surface area is 204 Å². The van der Waals surface area contributed by atoms with E-state index in [2.05, 4.69) is 21.1 Å². The minimum absolute atomic E-state index is 0.0382. The maximum atomic E-state index is 13.2. The Kier molecular flexibility index (Phi) is 9.04. The van der Waals surface area contributed by atoms with Crippen LogP contribution in [-0.2, 0) is 25.5 Å². The molecule has 0 spiro atoms. The van der Waals surface area contributed by atoms with Crippen molar-refractivity contribution in [1.29, 1.82) is 0 Å². The van der Waals surface area contributed by atoms with E-state index in [4.69, 9.17) is 16.3 Å². The number of carbonyl (C=O) groups is 4. The van der Waals surface area contributed by atoms with Gasteiger partial charge in [-0.05, 0) is 38.3 Å². The number of hydrazone groups is 1. The number of anilines is 1. The number of hydrogen-bond donors (Lipinski definition) is 5. The van der Waals surface area contributed by atoms with Crippen molar-refractivity contribution in [3.63, 3.8) is 0 Å². The highest BCUT2D eigenvalue weighted by Crippen LogP contribution is 2.32. The molecule has 35 heavy (non-hydrogen) atoms. The molecule has 1 aromatic rings. The van der Waals surface area contributed by atoms with Crippen molar-refractivity contribution < 1.29 is 23.9 Å². The fourth-order valence-electron chi connectivity index (χ4n) is 3.57. The molecule has 12 nitrogen and oxygen atoms in total. The maximum absolute atomic E-state index is 13.2. The van der Waals surface area contributed by atoms with E-state index in [-0.39, 0.29) is 24.8 Å². The van der Waals surface area contributed by atoms with Crippen LogP contribution < -0.4 is 32.4 Å². The molecule has 1 heterocycles. The van der Waals surface area contributed by atoms with E-state index in [0.29, 0.717) is 12.1 Å². The molecule has 0 aliphatic carbocycles. The van der Waals surface area contributed by atoms with Crippen LogP contribution in [0.25, 0.3) is 0 Å². The van der Waals surface area contributed by atoms with Gasteiger partial charge in [0.2, 0.25) is 17.7 Å². The Hall–Kier alpha value is -3.83. The lowest BCUT2D eigenvalue weighted by Gasteiger charge is -2.27. The Morgan fingerprint density at radius 1 is 1.14 bits per heavy atom. The molecule has 0 unspecified atom stereocenters.